The van der Waals surface area contributed by atoms with E-state index in [0.29, 0.717) is 11.6 Å². The van der Waals surface area contributed by atoms with Gasteiger partial charge in [0.2, 0.25) is 0 Å². The van der Waals surface area contributed by atoms with Gasteiger partial charge in [-0.3, -0.25) is 0 Å². The van der Waals surface area contributed by atoms with Crippen molar-refractivity contribution in [2.75, 3.05) is 0 Å². The van der Waals surface area contributed by atoms with Crippen LogP contribution in [0.2, 0.25) is 0 Å². The summed E-state index contributed by atoms with van der Waals surface area (Å²) < 4.78 is 2.42. The molecule has 5 heteroatoms. The summed E-state index contributed by atoms with van der Waals surface area (Å²) in [4.78, 5) is 21.4. The second-order valence-corrected chi connectivity index (χ2v) is 17.7. The lowest BCUT2D eigenvalue weighted by molar-refractivity contribution is 1.13. The van der Waals surface area contributed by atoms with Crippen LogP contribution in [0, 0.1) is 13.8 Å². The Labute approximate surface area is 401 Å². The Morgan fingerprint density at radius 3 is 1.10 bits per heavy atom. The Balaban J connectivity index is 1.18. The Bertz CT molecular complexity index is 3620. The van der Waals surface area contributed by atoms with Gasteiger partial charge in [0, 0.05) is 44.2 Å². The Morgan fingerprint density at radius 1 is 0.275 bits per heavy atom. The molecule has 0 amide bonds. The zero-order valence-corrected chi connectivity index (χ0v) is 38.3. The average Bonchev–Trinajstić information content (AvgIpc) is 3.74. The lowest BCUT2D eigenvalue weighted by Gasteiger charge is -2.17. The van der Waals surface area contributed by atoms with Crippen LogP contribution in [0.25, 0.3) is 118 Å². The summed E-state index contributed by atoms with van der Waals surface area (Å²) in [6.45, 7) is 4.30. The molecule has 12 rings (SSSR count). The minimum absolute atomic E-state index is 0.604. The van der Waals surface area contributed by atoms with Gasteiger partial charge in [-0.15, -0.1) is 0 Å². The summed E-state index contributed by atoms with van der Waals surface area (Å²) in [5.41, 5.74) is 19.2. The molecule has 3 aromatic heterocycles. The van der Waals surface area contributed by atoms with E-state index in [2.05, 4.69) is 206 Å². The summed E-state index contributed by atoms with van der Waals surface area (Å²) in [5.74, 6) is 1.26. The lowest BCUT2D eigenvalue weighted by atomic mass is 10.0. The van der Waals surface area contributed by atoms with Crippen LogP contribution in [0.5, 0.6) is 0 Å². The first kappa shape index (κ1) is 41.4. The maximum Gasteiger partial charge on any atom is 0.162 e. The molecule has 0 aliphatic heterocycles. The molecule has 12 aromatic rings. The number of aromatic nitrogens is 5. The minimum atomic E-state index is 0.604. The van der Waals surface area contributed by atoms with Crippen molar-refractivity contribution in [2.45, 2.75) is 13.8 Å². The van der Waals surface area contributed by atoms with Crippen LogP contribution in [-0.4, -0.2) is 24.5 Å². The van der Waals surface area contributed by atoms with Gasteiger partial charge in [0.05, 0.1) is 39.5 Å². The Morgan fingerprint density at radius 2 is 0.652 bits per heavy atom. The Hall–Kier alpha value is -9.06. The van der Waals surface area contributed by atoms with Crippen LogP contribution in [0.3, 0.4) is 0 Å². The van der Waals surface area contributed by atoms with Gasteiger partial charge in [-0.05, 0) is 72.5 Å². The third kappa shape index (κ3) is 8.06. The summed E-state index contributed by atoms with van der Waals surface area (Å²) >= 11 is 0. The molecule has 0 aliphatic rings. The molecule has 0 N–H and O–H groups in total. The molecule has 0 atom stereocenters. The van der Waals surface area contributed by atoms with Gasteiger partial charge in [-0.25, -0.2) is 19.9 Å². The van der Waals surface area contributed by atoms with Crippen molar-refractivity contribution in [3.63, 3.8) is 0 Å². The van der Waals surface area contributed by atoms with Crippen molar-refractivity contribution >= 4 is 21.8 Å². The summed E-state index contributed by atoms with van der Waals surface area (Å²) in [7, 11) is 0. The number of hydrogen-bond acceptors (Lipinski definition) is 4. The average molecular weight is 884 g/mol. The van der Waals surface area contributed by atoms with Crippen molar-refractivity contribution in [1.82, 2.24) is 24.5 Å². The topological polar surface area (TPSA) is 56.5 Å². The standard InChI is InChI=1S/C64H45N5/c1-42-17-15-27-48(35-42)50-29-32-53-54-33-30-51(49-28-16-18-43(2)36-49)39-62(54)69(61(53)38-50)60-34-31-52(59-41-56(44-19-7-3-8-20-44)65-63(66-59)47-25-13-6-14-26-47)37-55(60)64-67-57(45-21-9-4-10-22-45)40-58(68-64)46-23-11-5-12-24-46/h3-41H,1-2H3. The van der Waals surface area contributed by atoms with E-state index >= 15 is 0 Å². The van der Waals surface area contributed by atoms with Gasteiger partial charge in [0.1, 0.15) is 0 Å². The van der Waals surface area contributed by atoms with Crippen molar-refractivity contribution in [3.05, 3.63) is 248 Å². The van der Waals surface area contributed by atoms with E-state index < -0.39 is 0 Å². The molecule has 9 aromatic carbocycles. The highest BCUT2D eigenvalue weighted by Gasteiger charge is 2.22. The minimum Gasteiger partial charge on any atom is -0.308 e. The van der Waals surface area contributed by atoms with Crippen LogP contribution in [0.15, 0.2) is 237 Å². The molecule has 0 saturated heterocycles. The fourth-order valence-electron chi connectivity index (χ4n) is 9.51. The molecule has 69 heavy (non-hydrogen) atoms. The van der Waals surface area contributed by atoms with E-state index in [-0.39, 0.29) is 0 Å². The predicted molar refractivity (Wildman–Crippen MR) is 285 cm³/mol. The number of benzene rings is 9. The number of hydrogen-bond donors (Lipinski definition) is 0. The van der Waals surface area contributed by atoms with Gasteiger partial charge < -0.3 is 4.57 Å². The second-order valence-electron chi connectivity index (χ2n) is 17.7. The van der Waals surface area contributed by atoms with Crippen LogP contribution in [-0.2, 0) is 0 Å². The van der Waals surface area contributed by atoms with Gasteiger partial charge in [0.15, 0.2) is 11.6 Å². The quantitative estimate of drug-likeness (QED) is 0.145. The van der Waals surface area contributed by atoms with Crippen molar-refractivity contribution in [1.29, 1.82) is 0 Å². The molecule has 0 fully saturated rings. The summed E-state index contributed by atoms with van der Waals surface area (Å²) in [6, 6.07) is 83.4. The van der Waals surface area contributed by atoms with Gasteiger partial charge in [-0.1, -0.05) is 211 Å². The second kappa shape index (κ2) is 17.6. The highest BCUT2D eigenvalue weighted by molar-refractivity contribution is 6.11. The molecule has 0 saturated carbocycles. The lowest BCUT2D eigenvalue weighted by Crippen LogP contribution is -2.03. The smallest absolute Gasteiger partial charge is 0.162 e. The first-order valence-electron chi connectivity index (χ1n) is 23.4. The molecule has 0 radical (unpaired) electrons. The predicted octanol–water partition coefficient (Wildman–Crippen LogP) is 16.3. The van der Waals surface area contributed by atoms with E-state index in [4.69, 9.17) is 19.9 Å². The molecule has 3 heterocycles. The molecule has 326 valence electrons. The largest absolute Gasteiger partial charge is 0.308 e. The van der Waals surface area contributed by atoms with Crippen molar-refractivity contribution in [3.8, 4) is 95.7 Å². The molecule has 0 bridgehead atoms. The Kier molecular flexibility index (Phi) is 10.6. The maximum absolute atomic E-state index is 5.49. The van der Waals surface area contributed by atoms with Gasteiger partial charge in [0.25, 0.3) is 0 Å². The van der Waals surface area contributed by atoms with E-state index in [1.807, 2.05) is 48.5 Å². The molecular weight excluding hydrogens is 839 g/mol. The number of fused-ring (bicyclic) bond motifs is 3. The fourth-order valence-corrected chi connectivity index (χ4v) is 9.51. The van der Waals surface area contributed by atoms with E-state index in [1.54, 1.807) is 0 Å². The molecular formula is C64H45N5. The number of nitrogens with zero attached hydrogens (tertiary/aromatic N) is 5. The number of rotatable bonds is 9. The first-order valence-corrected chi connectivity index (χ1v) is 23.4. The van der Waals surface area contributed by atoms with E-state index in [9.17, 15) is 0 Å². The maximum atomic E-state index is 5.49. The van der Waals surface area contributed by atoms with E-state index in [1.165, 1.54) is 22.3 Å². The fraction of sp³-hybridized carbons (Fsp3) is 0.0312. The molecule has 5 nitrogen and oxygen atoms in total. The zero-order valence-electron chi connectivity index (χ0n) is 38.3. The SMILES string of the molecule is Cc1cccc(-c2ccc3c4ccc(-c5cccc(C)c5)cc4n(-c4ccc(-c5cc(-c6ccccc6)nc(-c6ccccc6)n5)cc4-c4nc(-c5ccccc5)cc(-c5ccccc5)n4)c3c2)c1. The zero-order chi connectivity index (χ0) is 46.3. The van der Waals surface area contributed by atoms with Crippen LogP contribution in [0.1, 0.15) is 11.1 Å². The third-order valence-electron chi connectivity index (χ3n) is 12.9. The third-order valence-corrected chi connectivity index (χ3v) is 12.9. The first-order chi connectivity index (χ1) is 34.0. The summed E-state index contributed by atoms with van der Waals surface area (Å²) in [6.07, 6.45) is 0. The van der Waals surface area contributed by atoms with E-state index in [0.717, 1.165) is 94.8 Å². The normalized spacial score (nSPS) is 11.3. The molecule has 0 unspecified atom stereocenters. The van der Waals surface area contributed by atoms with Crippen molar-refractivity contribution in [2.24, 2.45) is 0 Å². The highest BCUT2D eigenvalue weighted by atomic mass is 15.0. The highest BCUT2D eigenvalue weighted by Crippen LogP contribution is 2.42. The monoisotopic (exact) mass is 883 g/mol. The van der Waals surface area contributed by atoms with Crippen LogP contribution in [0.4, 0.5) is 0 Å². The van der Waals surface area contributed by atoms with Gasteiger partial charge in [-0.2, -0.15) is 0 Å². The summed E-state index contributed by atoms with van der Waals surface area (Å²) in [5, 5.41) is 2.32. The van der Waals surface area contributed by atoms with Crippen LogP contribution >= 0.6 is 0 Å². The van der Waals surface area contributed by atoms with Crippen LogP contribution < -0.4 is 0 Å². The molecule has 0 spiro atoms. The number of aryl methyl sites for hydroxylation is 2. The van der Waals surface area contributed by atoms with Crippen molar-refractivity contribution < 1.29 is 0 Å². The molecule has 0 aliphatic carbocycles. The van der Waals surface area contributed by atoms with Gasteiger partial charge >= 0.3 is 0 Å².